The molecule has 2 aromatic carbocycles. The van der Waals surface area contributed by atoms with Gasteiger partial charge in [-0.25, -0.2) is 0 Å². The summed E-state index contributed by atoms with van der Waals surface area (Å²) in [6.45, 7) is 0.689. The Balaban J connectivity index is 2.29. The Morgan fingerprint density at radius 2 is 1.67 bits per heavy atom. The maximum atomic E-state index is 12.8. The van der Waals surface area contributed by atoms with Gasteiger partial charge >= 0.3 is 0 Å². The molecule has 0 saturated carbocycles. The van der Waals surface area contributed by atoms with E-state index in [4.69, 9.17) is 4.74 Å². The highest BCUT2D eigenvalue weighted by Crippen LogP contribution is 2.23. The molecule has 0 fully saturated rings. The number of hydrogen-bond donors (Lipinski definition) is 0. The fourth-order valence-electron chi connectivity index (χ4n) is 2.35. The van der Waals surface area contributed by atoms with E-state index in [-0.39, 0.29) is 11.7 Å². The monoisotopic (exact) mass is 283 g/mol. The Hall–Kier alpha value is -2.13. The van der Waals surface area contributed by atoms with Crippen LogP contribution in [0.5, 0.6) is 5.75 Å². The fraction of sp³-hybridized carbons (Fsp3) is 0.278. The third-order valence-corrected chi connectivity index (χ3v) is 3.44. The van der Waals surface area contributed by atoms with Crippen molar-refractivity contribution in [1.29, 1.82) is 0 Å². The normalized spacial score (nSPS) is 12.2. The molecular weight excluding hydrogens is 262 g/mol. The first kappa shape index (κ1) is 15.3. The average Bonchev–Trinajstić information content (AvgIpc) is 2.53. The summed E-state index contributed by atoms with van der Waals surface area (Å²) in [5.41, 5.74) is 1.76. The van der Waals surface area contributed by atoms with Crippen molar-refractivity contribution in [1.82, 2.24) is 4.90 Å². The van der Waals surface area contributed by atoms with Crippen LogP contribution in [0.25, 0.3) is 0 Å². The molecule has 0 radical (unpaired) electrons. The molecule has 0 N–H and O–H groups in total. The van der Waals surface area contributed by atoms with E-state index in [0.29, 0.717) is 12.1 Å². The second-order valence-corrected chi connectivity index (χ2v) is 5.32. The van der Waals surface area contributed by atoms with Crippen molar-refractivity contribution in [3.8, 4) is 5.75 Å². The molecule has 0 aliphatic heterocycles. The number of nitrogens with zero attached hydrogens (tertiary/aromatic N) is 1. The highest BCUT2D eigenvalue weighted by atomic mass is 16.5. The molecule has 1 atom stereocenters. The van der Waals surface area contributed by atoms with Gasteiger partial charge in [0.05, 0.1) is 13.0 Å². The van der Waals surface area contributed by atoms with Crippen LogP contribution in [0.3, 0.4) is 0 Å². The average molecular weight is 283 g/mol. The first-order valence-electron chi connectivity index (χ1n) is 6.99. The zero-order valence-corrected chi connectivity index (χ0v) is 12.7. The van der Waals surface area contributed by atoms with Crippen LogP contribution < -0.4 is 4.74 Å². The van der Waals surface area contributed by atoms with E-state index in [1.54, 1.807) is 7.11 Å². The number of likely N-dealkylation sites (N-methyl/N-ethyl adjacent to an activating group) is 1. The summed E-state index contributed by atoms with van der Waals surface area (Å²) in [5, 5.41) is 0. The van der Waals surface area contributed by atoms with Gasteiger partial charge in [0.15, 0.2) is 5.78 Å². The van der Waals surface area contributed by atoms with Gasteiger partial charge in [0.25, 0.3) is 0 Å². The number of hydrogen-bond acceptors (Lipinski definition) is 3. The standard InChI is InChI=1S/C18H21NO2/c1-19(2)13-17(14-7-5-4-6-8-14)18(20)15-9-11-16(21-3)12-10-15/h4-12,17H,13H2,1-3H3/t17-/m1/s1. The quantitative estimate of drug-likeness (QED) is 0.762. The summed E-state index contributed by atoms with van der Waals surface area (Å²) in [7, 11) is 5.59. The Kier molecular flexibility index (Phi) is 5.12. The Bertz CT molecular complexity index is 576. The maximum Gasteiger partial charge on any atom is 0.171 e. The molecule has 0 unspecified atom stereocenters. The van der Waals surface area contributed by atoms with E-state index >= 15 is 0 Å². The summed E-state index contributed by atoms with van der Waals surface area (Å²) in [6.07, 6.45) is 0. The molecule has 0 amide bonds. The molecule has 21 heavy (non-hydrogen) atoms. The second-order valence-electron chi connectivity index (χ2n) is 5.32. The van der Waals surface area contributed by atoms with E-state index in [2.05, 4.69) is 0 Å². The third kappa shape index (κ3) is 3.92. The van der Waals surface area contributed by atoms with Crippen molar-refractivity contribution in [2.75, 3.05) is 27.7 Å². The molecule has 0 heterocycles. The summed E-state index contributed by atoms with van der Waals surface area (Å²) in [4.78, 5) is 14.9. The molecule has 0 bridgehead atoms. The summed E-state index contributed by atoms with van der Waals surface area (Å²) < 4.78 is 5.14. The predicted molar refractivity (Wildman–Crippen MR) is 85.1 cm³/mol. The van der Waals surface area contributed by atoms with Gasteiger partial charge in [0.1, 0.15) is 5.75 Å². The first-order chi connectivity index (χ1) is 10.1. The van der Waals surface area contributed by atoms with Crippen LogP contribution in [0.15, 0.2) is 54.6 Å². The Morgan fingerprint density at radius 3 is 2.19 bits per heavy atom. The van der Waals surface area contributed by atoms with Crippen molar-refractivity contribution in [3.05, 3.63) is 65.7 Å². The Labute approximate surface area is 126 Å². The predicted octanol–water partition coefficient (Wildman–Crippen LogP) is 3.22. The SMILES string of the molecule is COc1ccc(C(=O)[C@H](CN(C)C)c2ccccc2)cc1. The fourth-order valence-corrected chi connectivity index (χ4v) is 2.35. The lowest BCUT2D eigenvalue weighted by atomic mass is 9.90. The van der Waals surface area contributed by atoms with E-state index in [1.807, 2.05) is 73.6 Å². The van der Waals surface area contributed by atoms with Crippen LogP contribution in [-0.2, 0) is 0 Å². The molecule has 0 spiro atoms. The minimum Gasteiger partial charge on any atom is -0.497 e. The number of benzene rings is 2. The number of methoxy groups -OCH3 is 1. The molecule has 0 aliphatic rings. The molecule has 0 aliphatic carbocycles. The van der Waals surface area contributed by atoms with E-state index in [0.717, 1.165) is 11.3 Å². The zero-order valence-electron chi connectivity index (χ0n) is 12.7. The lowest BCUT2D eigenvalue weighted by Crippen LogP contribution is -2.26. The van der Waals surface area contributed by atoms with Crippen molar-refractivity contribution in [3.63, 3.8) is 0 Å². The zero-order chi connectivity index (χ0) is 15.2. The number of ketones is 1. The molecule has 110 valence electrons. The van der Waals surface area contributed by atoms with Gasteiger partial charge in [-0.3, -0.25) is 4.79 Å². The van der Waals surface area contributed by atoms with Gasteiger partial charge in [0, 0.05) is 12.1 Å². The van der Waals surface area contributed by atoms with Crippen molar-refractivity contribution >= 4 is 5.78 Å². The third-order valence-electron chi connectivity index (χ3n) is 3.44. The summed E-state index contributed by atoms with van der Waals surface area (Å²) in [6, 6.07) is 17.2. The molecule has 3 heteroatoms. The molecule has 0 saturated heterocycles. The van der Waals surface area contributed by atoms with E-state index < -0.39 is 0 Å². The molecular formula is C18H21NO2. The van der Waals surface area contributed by atoms with E-state index in [9.17, 15) is 4.79 Å². The lowest BCUT2D eigenvalue weighted by molar-refractivity contribution is 0.0945. The number of rotatable bonds is 6. The van der Waals surface area contributed by atoms with Gasteiger partial charge in [0.2, 0.25) is 0 Å². The second kappa shape index (κ2) is 7.04. The summed E-state index contributed by atoms with van der Waals surface area (Å²) >= 11 is 0. The minimum atomic E-state index is -0.158. The van der Waals surface area contributed by atoms with Crippen LogP contribution in [0.4, 0.5) is 0 Å². The van der Waals surface area contributed by atoms with Crippen LogP contribution in [-0.4, -0.2) is 38.4 Å². The lowest BCUT2D eigenvalue weighted by Gasteiger charge is -2.20. The maximum absolute atomic E-state index is 12.8. The molecule has 2 aromatic rings. The highest BCUT2D eigenvalue weighted by molar-refractivity contribution is 6.01. The van der Waals surface area contributed by atoms with Crippen molar-refractivity contribution in [2.45, 2.75) is 5.92 Å². The first-order valence-corrected chi connectivity index (χ1v) is 6.99. The van der Waals surface area contributed by atoms with Crippen molar-refractivity contribution < 1.29 is 9.53 Å². The smallest absolute Gasteiger partial charge is 0.171 e. The van der Waals surface area contributed by atoms with E-state index in [1.165, 1.54) is 0 Å². The number of Topliss-reactive ketones (excluding diaryl/α,β-unsaturated/α-hetero) is 1. The number of carbonyl (C=O) groups is 1. The highest BCUT2D eigenvalue weighted by Gasteiger charge is 2.22. The largest absolute Gasteiger partial charge is 0.497 e. The topological polar surface area (TPSA) is 29.5 Å². The Morgan fingerprint density at radius 1 is 1.05 bits per heavy atom. The van der Waals surface area contributed by atoms with Crippen LogP contribution in [0.1, 0.15) is 21.8 Å². The van der Waals surface area contributed by atoms with Gasteiger partial charge in [-0.2, -0.15) is 0 Å². The number of carbonyl (C=O) groups excluding carboxylic acids is 1. The molecule has 0 aromatic heterocycles. The summed E-state index contributed by atoms with van der Waals surface area (Å²) in [5.74, 6) is 0.738. The van der Waals surface area contributed by atoms with Crippen LogP contribution >= 0.6 is 0 Å². The molecule has 3 nitrogen and oxygen atoms in total. The van der Waals surface area contributed by atoms with Gasteiger partial charge in [-0.15, -0.1) is 0 Å². The van der Waals surface area contributed by atoms with Gasteiger partial charge in [-0.1, -0.05) is 30.3 Å². The minimum absolute atomic E-state index is 0.137. The van der Waals surface area contributed by atoms with Crippen LogP contribution in [0.2, 0.25) is 0 Å². The van der Waals surface area contributed by atoms with Crippen LogP contribution in [0, 0.1) is 0 Å². The van der Waals surface area contributed by atoms with Gasteiger partial charge in [-0.05, 0) is 43.9 Å². The van der Waals surface area contributed by atoms with Gasteiger partial charge < -0.3 is 9.64 Å². The molecule has 2 rings (SSSR count). The number of ether oxygens (including phenoxy) is 1. The van der Waals surface area contributed by atoms with Crippen molar-refractivity contribution in [2.24, 2.45) is 0 Å².